The first kappa shape index (κ1) is 33.2. The molecule has 2 atom stereocenters. The van der Waals surface area contributed by atoms with Crippen molar-refractivity contribution in [1.29, 1.82) is 0 Å². The van der Waals surface area contributed by atoms with Gasteiger partial charge in [0.05, 0.1) is 50.4 Å². The summed E-state index contributed by atoms with van der Waals surface area (Å²) in [5.74, 6) is 1.67. The minimum absolute atomic E-state index is 0.0991. The average molecular weight is 673 g/mol. The molecule has 3 aromatic carbocycles. The van der Waals surface area contributed by atoms with Gasteiger partial charge in [0.1, 0.15) is 27.1 Å². The molecule has 0 bridgehead atoms. The zero-order valence-electron chi connectivity index (χ0n) is 26.7. The molecule has 252 valence electrons. The number of hydrogen-bond donors (Lipinski definition) is 0. The molecule has 0 amide bonds. The molecular formula is C36H39F3O7S. The van der Waals surface area contributed by atoms with E-state index in [1.807, 2.05) is 32.0 Å². The van der Waals surface area contributed by atoms with Crippen molar-refractivity contribution < 1.29 is 45.3 Å². The number of methoxy groups -OCH3 is 1. The Balaban J connectivity index is 1.21. The van der Waals surface area contributed by atoms with Crippen LogP contribution >= 0.6 is 0 Å². The quantitative estimate of drug-likeness (QED) is 0.220. The lowest BCUT2D eigenvalue weighted by Gasteiger charge is -2.23. The van der Waals surface area contributed by atoms with E-state index in [1.54, 1.807) is 12.1 Å². The van der Waals surface area contributed by atoms with Crippen molar-refractivity contribution in [3.63, 3.8) is 0 Å². The molecule has 0 aromatic heterocycles. The van der Waals surface area contributed by atoms with E-state index < -0.39 is 21.6 Å². The number of rotatable bonds is 9. The van der Waals surface area contributed by atoms with Crippen LogP contribution in [0.2, 0.25) is 0 Å². The lowest BCUT2D eigenvalue weighted by atomic mass is 9.88. The first-order valence-corrected chi connectivity index (χ1v) is 17.8. The number of benzene rings is 3. The number of carbonyl (C=O) groups excluding carboxylic acids is 1. The lowest BCUT2D eigenvalue weighted by Crippen LogP contribution is -2.26. The molecule has 0 spiro atoms. The highest BCUT2D eigenvalue weighted by Gasteiger charge is 2.36. The largest absolute Gasteiger partial charge is 0.493 e. The third-order valence-corrected chi connectivity index (χ3v) is 11.4. The molecular weight excluding hydrogens is 633 g/mol. The number of fused-ring (bicyclic) bond motifs is 2. The molecule has 0 saturated carbocycles. The average Bonchev–Trinajstić information content (AvgIpc) is 3.62. The van der Waals surface area contributed by atoms with Crippen molar-refractivity contribution in [3.05, 3.63) is 75.8 Å². The van der Waals surface area contributed by atoms with Gasteiger partial charge in [0.25, 0.3) is 0 Å². The third-order valence-electron chi connectivity index (χ3n) is 9.69. The van der Waals surface area contributed by atoms with Crippen LogP contribution in [0.1, 0.15) is 70.9 Å². The Bertz CT molecular complexity index is 1750. The van der Waals surface area contributed by atoms with Crippen LogP contribution in [-0.2, 0) is 32.0 Å². The maximum atomic E-state index is 14.2. The summed E-state index contributed by atoms with van der Waals surface area (Å²) in [6.07, 6.45) is -1.89. The highest BCUT2D eigenvalue weighted by molar-refractivity contribution is 7.91. The van der Waals surface area contributed by atoms with Crippen molar-refractivity contribution in [2.24, 2.45) is 5.92 Å². The van der Waals surface area contributed by atoms with Gasteiger partial charge in [0.15, 0.2) is 0 Å². The Kier molecular flexibility index (Phi) is 9.21. The minimum atomic E-state index is -4.52. The van der Waals surface area contributed by atoms with Crippen molar-refractivity contribution in [3.8, 4) is 28.4 Å². The van der Waals surface area contributed by atoms with Crippen molar-refractivity contribution in [2.75, 3.05) is 38.4 Å². The van der Waals surface area contributed by atoms with Gasteiger partial charge in [0, 0.05) is 23.5 Å². The predicted molar refractivity (Wildman–Crippen MR) is 171 cm³/mol. The Morgan fingerprint density at radius 2 is 1.60 bits per heavy atom. The SMILES string of the molecule is COC(=O)C[C@@H]1COc2cc(OCC3CCc4c(-c5c(C)cc(OCC6CCS(=O)(=O)CC6)cc5C)cc(C(F)(F)F)cc43)ccc21. The number of sulfone groups is 1. The van der Waals surface area contributed by atoms with Crippen molar-refractivity contribution in [1.82, 2.24) is 0 Å². The van der Waals surface area contributed by atoms with E-state index in [2.05, 4.69) is 0 Å². The van der Waals surface area contributed by atoms with Crippen LogP contribution in [0.4, 0.5) is 13.2 Å². The summed E-state index contributed by atoms with van der Waals surface area (Å²) < 4.78 is 89.0. The minimum Gasteiger partial charge on any atom is -0.493 e. The molecule has 2 aliphatic heterocycles. The fraction of sp³-hybridized carbons (Fsp3) is 0.472. The van der Waals surface area contributed by atoms with Crippen molar-refractivity contribution in [2.45, 2.75) is 64.0 Å². The van der Waals surface area contributed by atoms with Gasteiger partial charge in [-0.25, -0.2) is 8.42 Å². The second-order valence-electron chi connectivity index (χ2n) is 13.0. The summed E-state index contributed by atoms with van der Waals surface area (Å²) in [4.78, 5) is 11.8. The normalized spacial score (nSPS) is 20.3. The first-order valence-electron chi connectivity index (χ1n) is 16.0. The van der Waals surface area contributed by atoms with Gasteiger partial charge in [-0.1, -0.05) is 6.07 Å². The topological polar surface area (TPSA) is 88.1 Å². The number of alkyl halides is 3. The maximum absolute atomic E-state index is 14.2. The molecule has 1 fully saturated rings. The van der Waals surface area contributed by atoms with Crippen LogP contribution in [0, 0.1) is 19.8 Å². The number of aryl methyl sites for hydroxylation is 2. The molecule has 1 unspecified atom stereocenters. The second-order valence-corrected chi connectivity index (χ2v) is 15.3. The number of carbonyl (C=O) groups is 1. The van der Waals surface area contributed by atoms with Gasteiger partial charge < -0.3 is 18.9 Å². The van der Waals surface area contributed by atoms with Crippen LogP contribution in [-0.4, -0.2) is 52.8 Å². The Hall–Kier alpha value is -3.73. The van der Waals surface area contributed by atoms with Gasteiger partial charge in [-0.3, -0.25) is 4.79 Å². The van der Waals surface area contributed by atoms with Crippen LogP contribution in [0.25, 0.3) is 11.1 Å². The van der Waals surface area contributed by atoms with E-state index in [4.69, 9.17) is 18.9 Å². The molecule has 0 N–H and O–H groups in total. The molecule has 47 heavy (non-hydrogen) atoms. The van der Waals surface area contributed by atoms with E-state index in [0.29, 0.717) is 67.3 Å². The number of esters is 1. The summed E-state index contributed by atoms with van der Waals surface area (Å²) in [7, 11) is -1.61. The van der Waals surface area contributed by atoms with Crippen LogP contribution in [0.3, 0.4) is 0 Å². The summed E-state index contributed by atoms with van der Waals surface area (Å²) in [5.41, 5.74) is 4.75. The molecule has 2 heterocycles. The molecule has 1 aliphatic carbocycles. The number of hydrogen-bond acceptors (Lipinski definition) is 7. The first-order chi connectivity index (χ1) is 22.3. The van der Waals surface area contributed by atoms with Crippen LogP contribution in [0.15, 0.2) is 42.5 Å². The number of halogens is 3. The van der Waals surface area contributed by atoms with E-state index >= 15 is 0 Å². The van der Waals surface area contributed by atoms with Crippen LogP contribution in [0.5, 0.6) is 17.2 Å². The fourth-order valence-electron chi connectivity index (χ4n) is 7.12. The Labute approximate surface area is 273 Å². The molecule has 11 heteroatoms. The van der Waals surface area contributed by atoms with E-state index in [0.717, 1.165) is 27.8 Å². The second kappa shape index (κ2) is 13.1. The molecule has 3 aromatic rings. The van der Waals surface area contributed by atoms with Gasteiger partial charge in [0.2, 0.25) is 0 Å². The van der Waals surface area contributed by atoms with E-state index in [9.17, 15) is 26.4 Å². The number of ether oxygens (including phenoxy) is 4. The molecule has 3 aliphatic rings. The van der Waals surface area contributed by atoms with Crippen molar-refractivity contribution >= 4 is 15.8 Å². The van der Waals surface area contributed by atoms with Crippen LogP contribution < -0.4 is 14.2 Å². The summed E-state index contributed by atoms with van der Waals surface area (Å²) in [6.45, 7) is 4.75. The highest BCUT2D eigenvalue weighted by Crippen LogP contribution is 2.46. The monoisotopic (exact) mass is 672 g/mol. The maximum Gasteiger partial charge on any atom is 0.416 e. The van der Waals surface area contributed by atoms with Gasteiger partial charge in [-0.2, -0.15) is 13.2 Å². The predicted octanol–water partition coefficient (Wildman–Crippen LogP) is 7.34. The smallest absolute Gasteiger partial charge is 0.416 e. The Morgan fingerprint density at radius 3 is 2.28 bits per heavy atom. The van der Waals surface area contributed by atoms with E-state index in [-0.39, 0.29) is 48.3 Å². The molecule has 0 radical (unpaired) electrons. The van der Waals surface area contributed by atoms with Gasteiger partial charge in [-0.05, 0) is 109 Å². The zero-order valence-corrected chi connectivity index (χ0v) is 27.6. The molecule has 6 rings (SSSR count). The lowest BCUT2D eigenvalue weighted by molar-refractivity contribution is -0.141. The fourth-order valence-corrected chi connectivity index (χ4v) is 8.71. The molecule has 1 saturated heterocycles. The molecule has 7 nitrogen and oxygen atoms in total. The zero-order chi connectivity index (χ0) is 33.5. The third kappa shape index (κ3) is 7.24. The van der Waals surface area contributed by atoms with Gasteiger partial charge in [-0.15, -0.1) is 0 Å². The van der Waals surface area contributed by atoms with Gasteiger partial charge >= 0.3 is 12.1 Å². The summed E-state index contributed by atoms with van der Waals surface area (Å²) in [5, 5.41) is 0. The summed E-state index contributed by atoms with van der Waals surface area (Å²) >= 11 is 0. The summed E-state index contributed by atoms with van der Waals surface area (Å²) in [6, 6.07) is 11.7. The van der Waals surface area contributed by atoms with E-state index in [1.165, 1.54) is 19.2 Å². The standard InChI is InChI=1S/C36H39F3O7S/c1-21-12-28(44-18-23-8-10-47(41,42)11-9-23)13-22(2)35(21)32-16-26(36(37,38)39)15-31-24(4-6-30(31)32)19-45-27-5-7-29-25(14-34(40)43-3)20-46-33(29)17-27/h5,7,12-13,15-17,23-25H,4,6,8-11,14,18-20H2,1-3H3/t24?,25-/m1/s1. The highest BCUT2D eigenvalue weighted by atomic mass is 32.2. The Morgan fingerprint density at radius 1 is 0.894 bits per heavy atom.